The molecule has 1 aromatic rings. The number of nitrogens with zero attached hydrogens (tertiary/aromatic N) is 1. The van der Waals surface area contributed by atoms with Crippen molar-refractivity contribution >= 4 is 23.2 Å². The standard InChI is InChI=1S/C16H24ClN3O2/c1-20-7-4-11(5-8-20)3-6-19-16(21)12-9-13(17)14(18)10-15(12)22-2/h9-11H,3-8,18H2,1-2H3,(H,19,21). The molecule has 1 aliphatic heterocycles. The molecule has 1 saturated heterocycles. The quantitative estimate of drug-likeness (QED) is 0.816. The number of carbonyl (C=O) groups is 1. The van der Waals surface area contributed by atoms with Crippen molar-refractivity contribution in [3.63, 3.8) is 0 Å². The summed E-state index contributed by atoms with van der Waals surface area (Å²) in [6, 6.07) is 3.13. The van der Waals surface area contributed by atoms with Gasteiger partial charge in [0.2, 0.25) is 0 Å². The largest absolute Gasteiger partial charge is 0.496 e. The topological polar surface area (TPSA) is 67.6 Å². The smallest absolute Gasteiger partial charge is 0.255 e. The van der Waals surface area contributed by atoms with Crippen LogP contribution in [0.15, 0.2) is 12.1 Å². The molecule has 3 N–H and O–H groups in total. The van der Waals surface area contributed by atoms with Crippen molar-refractivity contribution in [1.82, 2.24) is 10.2 Å². The van der Waals surface area contributed by atoms with Gasteiger partial charge < -0.3 is 20.7 Å². The zero-order chi connectivity index (χ0) is 16.1. The van der Waals surface area contributed by atoms with E-state index in [1.54, 1.807) is 12.1 Å². The van der Waals surface area contributed by atoms with Gasteiger partial charge in [0, 0.05) is 12.6 Å². The van der Waals surface area contributed by atoms with E-state index in [1.165, 1.54) is 20.0 Å². The Hall–Kier alpha value is -1.46. The number of methoxy groups -OCH3 is 1. The van der Waals surface area contributed by atoms with Gasteiger partial charge in [-0.15, -0.1) is 0 Å². The maximum atomic E-state index is 12.3. The van der Waals surface area contributed by atoms with Crippen molar-refractivity contribution in [3.05, 3.63) is 22.7 Å². The van der Waals surface area contributed by atoms with Crippen molar-refractivity contribution in [2.75, 3.05) is 39.5 Å². The average Bonchev–Trinajstić information content (AvgIpc) is 2.51. The van der Waals surface area contributed by atoms with Crippen molar-refractivity contribution < 1.29 is 9.53 Å². The molecule has 0 unspecified atom stereocenters. The minimum atomic E-state index is -0.174. The molecule has 1 amide bonds. The lowest BCUT2D eigenvalue weighted by molar-refractivity contribution is 0.0946. The maximum Gasteiger partial charge on any atom is 0.255 e. The van der Waals surface area contributed by atoms with Gasteiger partial charge in [0.25, 0.3) is 5.91 Å². The van der Waals surface area contributed by atoms with Crippen LogP contribution in [0.2, 0.25) is 5.02 Å². The summed E-state index contributed by atoms with van der Waals surface area (Å²) in [7, 11) is 3.66. The molecule has 122 valence electrons. The zero-order valence-corrected chi connectivity index (χ0v) is 13.9. The Morgan fingerprint density at radius 2 is 2.14 bits per heavy atom. The van der Waals surface area contributed by atoms with E-state index in [0.29, 0.717) is 34.5 Å². The third-order valence-corrected chi connectivity index (χ3v) is 4.57. The number of nitrogens with one attached hydrogen (secondary N) is 1. The molecule has 0 radical (unpaired) electrons. The summed E-state index contributed by atoms with van der Waals surface area (Å²) in [6.07, 6.45) is 3.40. The fraction of sp³-hybridized carbons (Fsp3) is 0.562. The second-order valence-corrected chi connectivity index (χ2v) is 6.27. The maximum absolute atomic E-state index is 12.3. The van der Waals surface area contributed by atoms with Crippen molar-refractivity contribution in [2.45, 2.75) is 19.3 Å². The fourth-order valence-corrected chi connectivity index (χ4v) is 2.91. The molecule has 6 heteroatoms. The summed E-state index contributed by atoms with van der Waals surface area (Å²) in [4.78, 5) is 14.6. The number of nitrogen functional groups attached to an aromatic ring is 1. The van der Waals surface area contributed by atoms with Gasteiger partial charge in [0.15, 0.2) is 0 Å². The first-order chi connectivity index (χ1) is 10.5. The van der Waals surface area contributed by atoms with Crippen molar-refractivity contribution in [2.24, 2.45) is 5.92 Å². The molecule has 2 rings (SSSR count). The van der Waals surface area contributed by atoms with Crippen LogP contribution in [0.25, 0.3) is 0 Å². The molecule has 0 spiro atoms. The number of nitrogens with two attached hydrogens (primary N) is 1. The highest BCUT2D eigenvalue weighted by atomic mass is 35.5. The molecule has 1 fully saturated rings. The Bertz CT molecular complexity index is 528. The third kappa shape index (κ3) is 4.27. The highest BCUT2D eigenvalue weighted by Gasteiger charge is 2.18. The molecule has 1 aromatic carbocycles. The lowest BCUT2D eigenvalue weighted by Gasteiger charge is -2.28. The summed E-state index contributed by atoms with van der Waals surface area (Å²) >= 11 is 5.99. The Morgan fingerprint density at radius 1 is 1.45 bits per heavy atom. The zero-order valence-electron chi connectivity index (χ0n) is 13.2. The van der Waals surface area contributed by atoms with Gasteiger partial charge >= 0.3 is 0 Å². The van der Waals surface area contributed by atoms with Crippen LogP contribution in [0.4, 0.5) is 5.69 Å². The molecule has 22 heavy (non-hydrogen) atoms. The second kappa shape index (κ2) is 7.70. The molecule has 0 atom stereocenters. The summed E-state index contributed by atoms with van der Waals surface area (Å²) in [5, 5.41) is 3.31. The Kier molecular flexibility index (Phi) is 5.91. The first kappa shape index (κ1) is 16.9. The van der Waals surface area contributed by atoms with Gasteiger partial charge in [-0.25, -0.2) is 0 Å². The fourth-order valence-electron chi connectivity index (χ4n) is 2.75. The van der Waals surface area contributed by atoms with Crippen molar-refractivity contribution in [1.29, 1.82) is 0 Å². The van der Waals surface area contributed by atoms with Crippen LogP contribution in [0.1, 0.15) is 29.6 Å². The van der Waals surface area contributed by atoms with Gasteiger partial charge in [-0.2, -0.15) is 0 Å². The minimum absolute atomic E-state index is 0.174. The number of likely N-dealkylation sites (tertiary alicyclic amines) is 1. The van der Waals surface area contributed by atoms with Gasteiger partial charge in [-0.05, 0) is 51.4 Å². The predicted octanol–water partition coefficient (Wildman–Crippen LogP) is 2.39. The summed E-state index contributed by atoms with van der Waals surface area (Å²) in [5.41, 5.74) is 6.55. The molecule has 1 heterocycles. The number of benzene rings is 1. The lowest BCUT2D eigenvalue weighted by Crippen LogP contribution is -2.32. The molecule has 0 bridgehead atoms. The van der Waals surface area contributed by atoms with E-state index < -0.39 is 0 Å². The SMILES string of the molecule is COc1cc(N)c(Cl)cc1C(=O)NCCC1CCN(C)CC1. The Morgan fingerprint density at radius 3 is 2.77 bits per heavy atom. The highest BCUT2D eigenvalue weighted by molar-refractivity contribution is 6.33. The van der Waals surface area contributed by atoms with Crippen LogP contribution in [0, 0.1) is 5.92 Å². The van der Waals surface area contributed by atoms with E-state index in [1.807, 2.05) is 0 Å². The number of rotatable bonds is 5. The molecule has 1 aliphatic rings. The number of carbonyl (C=O) groups excluding carboxylic acids is 1. The van der Waals surface area contributed by atoms with Crippen molar-refractivity contribution in [3.8, 4) is 5.75 Å². The summed E-state index contributed by atoms with van der Waals surface area (Å²) in [6.45, 7) is 2.94. The highest BCUT2D eigenvalue weighted by Crippen LogP contribution is 2.28. The number of ether oxygens (including phenoxy) is 1. The van der Waals surface area contributed by atoms with Gasteiger partial charge in [0.05, 0.1) is 23.4 Å². The molecule has 5 nitrogen and oxygen atoms in total. The average molecular weight is 326 g/mol. The number of piperidine rings is 1. The van der Waals surface area contributed by atoms with Gasteiger partial charge in [-0.3, -0.25) is 4.79 Å². The number of anilines is 1. The molecular weight excluding hydrogens is 302 g/mol. The van der Waals surface area contributed by atoms with E-state index in [4.69, 9.17) is 22.1 Å². The number of hydrogen-bond acceptors (Lipinski definition) is 4. The number of hydrogen-bond donors (Lipinski definition) is 2. The van der Waals surface area contributed by atoms with Crippen LogP contribution < -0.4 is 15.8 Å². The first-order valence-electron chi connectivity index (χ1n) is 7.61. The van der Waals surface area contributed by atoms with E-state index in [9.17, 15) is 4.79 Å². The normalized spacial score (nSPS) is 16.5. The van der Waals surface area contributed by atoms with E-state index >= 15 is 0 Å². The Labute approximate surface area is 136 Å². The molecular formula is C16H24ClN3O2. The summed E-state index contributed by atoms with van der Waals surface area (Å²) in [5.74, 6) is 0.957. The van der Waals surface area contributed by atoms with Gasteiger partial charge in [-0.1, -0.05) is 11.6 Å². The van der Waals surface area contributed by atoms with Crippen LogP contribution in [0.5, 0.6) is 5.75 Å². The van der Waals surface area contributed by atoms with E-state index in [-0.39, 0.29) is 5.91 Å². The molecule has 0 aromatic heterocycles. The molecule has 0 saturated carbocycles. The van der Waals surface area contributed by atoms with Gasteiger partial charge in [0.1, 0.15) is 5.75 Å². The second-order valence-electron chi connectivity index (χ2n) is 5.87. The lowest BCUT2D eigenvalue weighted by atomic mass is 9.94. The third-order valence-electron chi connectivity index (χ3n) is 4.24. The monoisotopic (exact) mass is 325 g/mol. The minimum Gasteiger partial charge on any atom is -0.496 e. The van der Waals surface area contributed by atoms with Crippen LogP contribution in [0.3, 0.4) is 0 Å². The number of halogens is 1. The first-order valence-corrected chi connectivity index (χ1v) is 7.98. The number of amides is 1. The predicted molar refractivity (Wildman–Crippen MR) is 89.6 cm³/mol. The van der Waals surface area contributed by atoms with Crippen LogP contribution >= 0.6 is 11.6 Å². The van der Waals surface area contributed by atoms with Crippen LogP contribution in [-0.2, 0) is 0 Å². The van der Waals surface area contributed by atoms with E-state index in [2.05, 4.69) is 17.3 Å². The summed E-state index contributed by atoms with van der Waals surface area (Å²) < 4.78 is 5.21. The van der Waals surface area contributed by atoms with E-state index in [0.717, 1.165) is 19.5 Å². The Balaban J connectivity index is 1.88. The molecule has 0 aliphatic carbocycles. The van der Waals surface area contributed by atoms with Crippen LogP contribution in [-0.4, -0.2) is 44.6 Å².